The summed E-state index contributed by atoms with van der Waals surface area (Å²) in [6.45, 7) is 7.22. The summed E-state index contributed by atoms with van der Waals surface area (Å²) in [5.74, 6) is 0.368. The third-order valence-electron chi connectivity index (χ3n) is 4.50. The van der Waals surface area contributed by atoms with Crippen molar-refractivity contribution in [2.75, 3.05) is 13.1 Å². The standard InChI is InChI=1S/C20H24N2O/c1-3-22(14-16-7-5-4-6-8-16)12-11-17-13-21-20-15(2)9-10-18(23)19(17)20/h4-10,13,21,23H,3,11-12,14H2,1-2H3. The second-order valence-electron chi connectivity index (χ2n) is 6.07. The third-order valence-corrected chi connectivity index (χ3v) is 4.50. The molecular weight excluding hydrogens is 284 g/mol. The van der Waals surface area contributed by atoms with E-state index in [1.54, 1.807) is 6.07 Å². The Balaban J connectivity index is 1.73. The van der Waals surface area contributed by atoms with E-state index in [4.69, 9.17) is 0 Å². The number of benzene rings is 2. The summed E-state index contributed by atoms with van der Waals surface area (Å²) in [6, 6.07) is 14.3. The number of phenols is 1. The molecule has 3 nitrogen and oxygen atoms in total. The Morgan fingerprint density at radius 2 is 1.87 bits per heavy atom. The van der Waals surface area contributed by atoms with Gasteiger partial charge in [-0.2, -0.15) is 0 Å². The molecule has 3 heteroatoms. The maximum Gasteiger partial charge on any atom is 0.125 e. The first-order valence-corrected chi connectivity index (χ1v) is 8.24. The first-order chi connectivity index (χ1) is 11.2. The van der Waals surface area contributed by atoms with Gasteiger partial charge in [-0.15, -0.1) is 0 Å². The van der Waals surface area contributed by atoms with Crippen LogP contribution in [-0.2, 0) is 13.0 Å². The molecule has 0 fully saturated rings. The molecule has 0 atom stereocenters. The van der Waals surface area contributed by atoms with Crippen molar-refractivity contribution in [3.8, 4) is 5.75 Å². The van der Waals surface area contributed by atoms with Gasteiger partial charge in [-0.05, 0) is 42.6 Å². The van der Waals surface area contributed by atoms with Gasteiger partial charge in [-0.3, -0.25) is 4.90 Å². The number of hydrogen-bond donors (Lipinski definition) is 2. The lowest BCUT2D eigenvalue weighted by molar-refractivity contribution is 0.284. The molecule has 0 saturated carbocycles. The molecule has 0 aliphatic rings. The van der Waals surface area contributed by atoms with Crippen molar-refractivity contribution < 1.29 is 5.11 Å². The van der Waals surface area contributed by atoms with Gasteiger partial charge < -0.3 is 10.1 Å². The summed E-state index contributed by atoms with van der Waals surface area (Å²) in [7, 11) is 0. The summed E-state index contributed by atoms with van der Waals surface area (Å²) in [4.78, 5) is 5.74. The van der Waals surface area contributed by atoms with E-state index in [1.165, 1.54) is 16.7 Å². The van der Waals surface area contributed by atoms with Gasteiger partial charge in [0.25, 0.3) is 0 Å². The summed E-state index contributed by atoms with van der Waals surface area (Å²) >= 11 is 0. The average molecular weight is 308 g/mol. The minimum atomic E-state index is 0.368. The van der Waals surface area contributed by atoms with Gasteiger partial charge in [0.1, 0.15) is 5.75 Å². The summed E-state index contributed by atoms with van der Waals surface area (Å²) in [5, 5.41) is 11.2. The zero-order chi connectivity index (χ0) is 16.2. The SMILES string of the molecule is CCN(CCc1c[nH]c2c(C)ccc(O)c12)Cc1ccccc1. The maximum absolute atomic E-state index is 10.2. The van der Waals surface area contributed by atoms with Gasteiger partial charge in [-0.25, -0.2) is 0 Å². The van der Waals surface area contributed by atoms with E-state index in [0.717, 1.165) is 37.0 Å². The second kappa shape index (κ2) is 6.88. The van der Waals surface area contributed by atoms with E-state index in [0.29, 0.717) is 5.75 Å². The van der Waals surface area contributed by atoms with E-state index >= 15 is 0 Å². The Hall–Kier alpha value is -2.26. The van der Waals surface area contributed by atoms with Crippen molar-refractivity contribution in [1.29, 1.82) is 0 Å². The Morgan fingerprint density at radius 1 is 1.09 bits per heavy atom. The van der Waals surface area contributed by atoms with Crippen LogP contribution >= 0.6 is 0 Å². The number of H-pyrrole nitrogens is 1. The number of fused-ring (bicyclic) bond motifs is 1. The molecule has 2 N–H and O–H groups in total. The number of phenolic OH excluding ortho intramolecular Hbond substituents is 1. The molecule has 1 heterocycles. The van der Waals surface area contributed by atoms with Crippen LogP contribution < -0.4 is 0 Å². The zero-order valence-corrected chi connectivity index (χ0v) is 13.8. The predicted octanol–water partition coefficient (Wildman–Crippen LogP) is 4.25. The normalized spacial score (nSPS) is 11.4. The van der Waals surface area contributed by atoms with Gasteiger partial charge in [0.2, 0.25) is 0 Å². The fourth-order valence-corrected chi connectivity index (χ4v) is 3.10. The summed E-state index contributed by atoms with van der Waals surface area (Å²) in [5.41, 5.74) is 4.74. The number of hydrogen-bond acceptors (Lipinski definition) is 2. The van der Waals surface area contributed by atoms with Crippen LogP contribution in [0.25, 0.3) is 10.9 Å². The lowest BCUT2D eigenvalue weighted by Crippen LogP contribution is -2.25. The number of aromatic nitrogens is 1. The molecule has 0 amide bonds. The number of aromatic hydroxyl groups is 1. The number of nitrogens with one attached hydrogen (secondary N) is 1. The van der Waals surface area contributed by atoms with Gasteiger partial charge in [-0.1, -0.05) is 43.3 Å². The monoisotopic (exact) mass is 308 g/mol. The van der Waals surface area contributed by atoms with Crippen LogP contribution in [-0.4, -0.2) is 28.1 Å². The average Bonchev–Trinajstić information content (AvgIpc) is 3.01. The molecule has 3 rings (SSSR count). The van der Waals surface area contributed by atoms with Gasteiger partial charge in [0.15, 0.2) is 0 Å². The zero-order valence-electron chi connectivity index (χ0n) is 13.8. The van der Waals surface area contributed by atoms with Crippen molar-refractivity contribution in [3.63, 3.8) is 0 Å². The number of aryl methyl sites for hydroxylation is 1. The van der Waals surface area contributed by atoms with Crippen molar-refractivity contribution in [1.82, 2.24) is 9.88 Å². The van der Waals surface area contributed by atoms with Gasteiger partial charge in [0, 0.05) is 24.7 Å². The van der Waals surface area contributed by atoms with Crippen LogP contribution in [0.1, 0.15) is 23.6 Å². The quantitative estimate of drug-likeness (QED) is 0.714. The lowest BCUT2D eigenvalue weighted by Gasteiger charge is -2.20. The van der Waals surface area contributed by atoms with Crippen molar-refractivity contribution in [3.05, 3.63) is 65.4 Å². The fourth-order valence-electron chi connectivity index (χ4n) is 3.10. The van der Waals surface area contributed by atoms with Crippen LogP contribution in [0.5, 0.6) is 5.75 Å². The Morgan fingerprint density at radius 3 is 2.61 bits per heavy atom. The van der Waals surface area contributed by atoms with E-state index in [1.807, 2.05) is 12.3 Å². The van der Waals surface area contributed by atoms with Crippen molar-refractivity contribution in [2.45, 2.75) is 26.8 Å². The van der Waals surface area contributed by atoms with E-state index < -0.39 is 0 Å². The smallest absolute Gasteiger partial charge is 0.125 e. The predicted molar refractivity (Wildman–Crippen MR) is 95.8 cm³/mol. The molecule has 0 aliphatic carbocycles. The Bertz CT molecular complexity index is 777. The molecular formula is C20H24N2O. The molecule has 0 saturated heterocycles. The van der Waals surface area contributed by atoms with Crippen LogP contribution in [0.15, 0.2) is 48.7 Å². The first kappa shape index (κ1) is 15.6. The van der Waals surface area contributed by atoms with Crippen LogP contribution in [0.3, 0.4) is 0 Å². The van der Waals surface area contributed by atoms with Gasteiger partial charge in [0.05, 0.1) is 5.52 Å². The molecule has 2 aromatic carbocycles. The first-order valence-electron chi connectivity index (χ1n) is 8.24. The second-order valence-corrected chi connectivity index (χ2v) is 6.07. The van der Waals surface area contributed by atoms with E-state index in [9.17, 15) is 5.11 Å². The Kier molecular flexibility index (Phi) is 4.68. The fraction of sp³-hybridized carbons (Fsp3) is 0.300. The summed E-state index contributed by atoms with van der Waals surface area (Å²) < 4.78 is 0. The number of nitrogens with zero attached hydrogens (tertiary/aromatic N) is 1. The molecule has 23 heavy (non-hydrogen) atoms. The molecule has 0 radical (unpaired) electrons. The summed E-state index contributed by atoms with van der Waals surface area (Å²) in [6.07, 6.45) is 2.96. The van der Waals surface area contributed by atoms with Crippen molar-refractivity contribution >= 4 is 10.9 Å². The molecule has 120 valence electrons. The molecule has 0 aliphatic heterocycles. The largest absolute Gasteiger partial charge is 0.507 e. The topological polar surface area (TPSA) is 39.3 Å². The van der Waals surface area contributed by atoms with Crippen LogP contribution in [0.2, 0.25) is 0 Å². The van der Waals surface area contributed by atoms with Crippen LogP contribution in [0, 0.1) is 6.92 Å². The highest BCUT2D eigenvalue weighted by Gasteiger charge is 2.11. The number of rotatable bonds is 6. The maximum atomic E-state index is 10.2. The molecule has 0 unspecified atom stereocenters. The minimum absolute atomic E-state index is 0.368. The highest BCUT2D eigenvalue weighted by Crippen LogP contribution is 2.30. The molecule has 0 bridgehead atoms. The van der Waals surface area contributed by atoms with E-state index in [2.05, 4.69) is 54.1 Å². The Labute approximate surface area is 137 Å². The van der Waals surface area contributed by atoms with Gasteiger partial charge >= 0.3 is 0 Å². The lowest BCUT2D eigenvalue weighted by atomic mass is 10.1. The third kappa shape index (κ3) is 3.40. The van der Waals surface area contributed by atoms with E-state index in [-0.39, 0.29) is 0 Å². The molecule has 3 aromatic rings. The molecule has 0 spiro atoms. The number of likely N-dealkylation sites (N-methyl/N-ethyl adjacent to an activating group) is 1. The molecule has 1 aromatic heterocycles. The van der Waals surface area contributed by atoms with Crippen molar-refractivity contribution in [2.24, 2.45) is 0 Å². The minimum Gasteiger partial charge on any atom is -0.507 e. The number of aromatic amines is 1. The highest BCUT2D eigenvalue weighted by atomic mass is 16.3. The highest BCUT2D eigenvalue weighted by molar-refractivity contribution is 5.91. The van der Waals surface area contributed by atoms with Crippen LogP contribution in [0.4, 0.5) is 0 Å².